The van der Waals surface area contributed by atoms with Crippen LogP contribution in [0.1, 0.15) is 96.1 Å². The van der Waals surface area contributed by atoms with Crippen LogP contribution in [0.5, 0.6) is 0 Å². The molecule has 3 fully saturated rings. The standard InChI is InChI=1S/C17H18BNO2.C12H24B2O4.C11H6BrN.CH4/c1-16(2)17(3,4)21-18(20-16)14-8-6-13-11-15(19-5)9-7-12(13)10-14;1-9(2)10(3,4)16-13(15-9)14-17-11(5,6)12(7,8)18-14;12-11-4-3-9-5-8(7-13)1-2-10(9)6-11;/h6-11H,1-4H3;1-8H3;1-6H;1H4. The molecule has 8 nitrogen and oxygen atoms in total. The van der Waals surface area contributed by atoms with Crippen molar-refractivity contribution >= 4 is 69.8 Å². The molecule has 0 radical (unpaired) electrons. The molecule has 0 aliphatic carbocycles. The van der Waals surface area contributed by atoms with E-state index in [0.717, 1.165) is 31.5 Å². The minimum Gasteiger partial charge on any atom is -0.405 e. The maximum absolute atomic E-state index is 8.69. The van der Waals surface area contributed by atoms with Gasteiger partial charge >= 0.3 is 21.1 Å². The minimum atomic E-state index is -0.476. The molecule has 0 unspecified atom stereocenters. The fourth-order valence-electron chi connectivity index (χ4n) is 5.73. The van der Waals surface area contributed by atoms with Crippen molar-refractivity contribution in [1.29, 1.82) is 5.26 Å². The van der Waals surface area contributed by atoms with E-state index in [2.05, 4.69) is 60.6 Å². The van der Waals surface area contributed by atoms with E-state index in [4.69, 9.17) is 39.8 Å². The molecule has 3 aliphatic rings. The number of rotatable bonds is 2. The first-order valence-corrected chi connectivity index (χ1v) is 18.4. The second kappa shape index (κ2) is 15.2. The number of hydrogen-bond donors (Lipinski definition) is 0. The smallest absolute Gasteiger partial charge is 0.405 e. The topological polar surface area (TPSA) is 83.5 Å². The molecule has 3 aliphatic heterocycles. The summed E-state index contributed by atoms with van der Waals surface area (Å²) in [5.41, 5.74) is 0.268. The molecule has 278 valence electrons. The Morgan fingerprint density at radius 2 is 0.943 bits per heavy atom. The van der Waals surface area contributed by atoms with E-state index in [9.17, 15) is 0 Å². The van der Waals surface area contributed by atoms with Crippen LogP contribution < -0.4 is 5.46 Å². The van der Waals surface area contributed by atoms with Crippen LogP contribution in [-0.4, -0.2) is 54.7 Å². The number of hydrogen-bond acceptors (Lipinski definition) is 7. The first-order valence-electron chi connectivity index (χ1n) is 17.6. The summed E-state index contributed by atoms with van der Waals surface area (Å²) in [5, 5.41) is 13.1. The summed E-state index contributed by atoms with van der Waals surface area (Å²) in [6, 6.07) is 25.6. The van der Waals surface area contributed by atoms with Crippen molar-refractivity contribution < 1.29 is 27.9 Å². The Labute approximate surface area is 326 Å². The quantitative estimate of drug-likeness (QED) is 0.148. The molecule has 53 heavy (non-hydrogen) atoms. The fourth-order valence-corrected chi connectivity index (χ4v) is 6.11. The monoisotopic (exact) mass is 780 g/mol. The highest BCUT2D eigenvalue weighted by molar-refractivity contribution is 9.10. The van der Waals surface area contributed by atoms with Crippen molar-refractivity contribution in [3.05, 3.63) is 94.2 Å². The Morgan fingerprint density at radius 3 is 1.43 bits per heavy atom. The number of benzene rings is 4. The molecule has 4 aromatic rings. The molecule has 0 bridgehead atoms. The van der Waals surface area contributed by atoms with E-state index in [-0.39, 0.29) is 48.2 Å². The third kappa shape index (κ3) is 8.87. The second-order valence-corrected chi connectivity index (χ2v) is 17.5. The summed E-state index contributed by atoms with van der Waals surface area (Å²) in [7, 11) is -1.30. The lowest BCUT2D eigenvalue weighted by Crippen LogP contribution is -2.41. The van der Waals surface area contributed by atoms with Crippen molar-refractivity contribution in [2.24, 2.45) is 0 Å². The van der Waals surface area contributed by atoms with Gasteiger partial charge in [0.2, 0.25) is 0 Å². The van der Waals surface area contributed by atoms with Gasteiger partial charge in [0.05, 0.1) is 51.8 Å². The van der Waals surface area contributed by atoms with Crippen molar-refractivity contribution in [3.63, 3.8) is 0 Å². The molecule has 3 saturated heterocycles. The summed E-state index contributed by atoms with van der Waals surface area (Å²) >= 11 is 3.40. The second-order valence-electron chi connectivity index (χ2n) is 16.6. The number of nitriles is 1. The minimum absolute atomic E-state index is 0. The highest BCUT2D eigenvalue weighted by Crippen LogP contribution is 2.43. The zero-order chi connectivity index (χ0) is 38.5. The number of nitrogens with zero attached hydrogens (tertiary/aromatic N) is 2. The highest BCUT2D eigenvalue weighted by Gasteiger charge is 2.63. The highest BCUT2D eigenvalue weighted by atomic mass is 79.9. The lowest BCUT2D eigenvalue weighted by Gasteiger charge is -2.32. The Morgan fingerprint density at radius 1 is 0.547 bits per heavy atom. The van der Waals surface area contributed by atoms with E-state index in [0.29, 0.717) is 11.3 Å². The Hall–Kier alpha value is -3.19. The van der Waals surface area contributed by atoms with Crippen LogP contribution in [0.3, 0.4) is 0 Å². The Bertz CT molecular complexity index is 1970. The van der Waals surface area contributed by atoms with Crippen molar-refractivity contribution in [1.82, 2.24) is 0 Å². The van der Waals surface area contributed by atoms with E-state index in [1.807, 2.05) is 122 Å². The van der Waals surface area contributed by atoms with Gasteiger partial charge in [-0.2, -0.15) is 5.26 Å². The van der Waals surface area contributed by atoms with Gasteiger partial charge in [-0.25, -0.2) is 4.85 Å². The largest absolute Gasteiger partial charge is 0.494 e. The average Bonchev–Trinajstić information content (AvgIpc) is 3.53. The summed E-state index contributed by atoms with van der Waals surface area (Å²) in [5.74, 6) is 0. The van der Waals surface area contributed by atoms with Gasteiger partial charge in [0.1, 0.15) is 0 Å². The first-order chi connectivity index (χ1) is 24.0. The molecule has 12 heteroatoms. The Kier molecular flexibility index (Phi) is 12.2. The third-order valence-electron chi connectivity index (χ3n) is 11.2. The molecule has 7 rings (SSSR count). The van der Waals surface area contributed by atoms with Crippen LogP contribution >= 0.6 is 15.9 Å². The zero-order valence-corrected chi connectivity index (χ0v) is 34.0. The Balaban J connectivity index is 0.000000180. The predicted molar refractivity (Wildman–Crippen MR) is 221 cm³/mol. The van der Waals surface area contributed by atoms with Gasteiger partial charge in [-0.15, -0.1) is 0 Å². The van der Waals surface area contributed by atoms with Gasteiger partial charge in [0, 0.05) is 4.47 Å². The molecule has 4 aromatic carbocycles. The SMILES string of the molecule is C.CC1(C)OB(B2OC(C)(C)C(C)(C)O2)OC1(C)C.N#Cc1ccc2cc(Br)ccc2c1.[C-]#[N+]c1ccc2cc(B3OC(C)(C)C(C)(C)O3)ccc2c1. The van der Waals surface area contributed by atoms with Gasteiger partial charge in [-0.05, 0) is 140 Å². The van der Waals surface area contributed by atoms with Gasteiger partial charge in [0.15, 0.2) is 5.69 Å². The maximum Gasteiger partial charge on any atom is 0.494 e. The van der Waals surface area contributed by atoms with Crippen LogP contribution in [0.15, 0.2) is 77.3 Å². The van der Waals surface area contributed by atoms with Gasteiger partial charge in [0.25, 0.3) is 0 Å². The van der Waals surface area contributed by atoms with E-state index >= 15 is 0 Å². The van der Waals surface area contributed by atoms with Crippen LogP contribution in [-0.2, 0) is 27.9 Å². The van der Waals surface area contributed by atoms with Crippen molar-refractivity contribution in [3.8, 4) is 6.07 Å². The van der Waals surface area contributed by atoms with Crippen LogP contribution in [0.2, 0.25) is 0 Å². The van der Waals surface area contributed by atoms with Crippen LogP contribution in [0, 0.1) is 17.9 Å². The number of halogens is 1. The van der Waals surface area contributed by atoms with Gasteiger partial charge in [-0.3, -0.25) is 0 Å². The summed E-state index contributed by atoms with van der Waals surface area (Å²) < 4.78 is 37.1. The van der Waals surface area contributed by atoms with E-state index in [1.54, 1.807) is 0 Å². The molecule has 0 amide bonds. The van der Waals surface area contributed by atoms with Gasteiger partial charge < -0.3 is 27.9 Å². The fraction of sp³-hybridized carbons (Fsp3) is 0.463. The molecule has 0 atom stereocenters. The van der Waals surface area contributed by atoms with Crippen LogP contribution in [0.4, 0.5) is 5.69 Å². The maximum atomic E-state index is 8.69. The molecule has 3 heterocycles. The third-order valence-corrected chi connectivity index (χ3v) is 11.7. The molecule has 0 saturated carbocycles. The van der Waals surface area contributed by atoms with Crippen molar-refractivity contribution in [2.45, 2.75) is 124 Å². The normalized spacial score (nSPS) is 21.1. The van der Waals surface area contributed by atoms with E-state index < -0.39 is 14.0 Å². The predicted octanol–water partition coefficient (Wildman–Crippen LogP) is 10.0. The van der Waals surface area contributed by atoms with Gasteiger partial charge in [-0.1, -0.05) is 65.8 Å². The summed E-state index contributed by atoms with van der Waals surface area (Å²) in [6.07, 6.45) is 0. The van der Waals surface area contributed by atoms with E-state index in [1.165, 1.54) is 0 Å². The molecular formula is C41H52B3BrN2O6. The molecular weight excluding hydrogens is 729 g/mol. The summed E-state index contributed by atoms with van der Waals surface area (Å²) in [6.45, 7) is 31.5. The molecule has 0 spiro atoms. The lowest BCUT2D eigenvalue weighted by atomic mass is 9.49. The molecule has 0 aromatic heterocycles. The summed E-state index contributed by atoms with van der Waals surface area (Å²) in [4.78, 5) is 3.46. The molecule has 0 N–H and O–H groups in total. The van der Waals surface area contributed by atoms with Crippen LogP contribution in [0.25, 0.3) is 26.4 Å². The lowest BCUT2D eigenvalue weighted by molar-refractivity contribution is 0.00578. The average molecular weight is 781 g/mol. The first kappa shape index (κ1) is 42.6. The number of fused-ring (bicyclic) bond motifs is 2. The zero-order valence-electron chi connectivity index (χ0n) is 32.4. The van der Waals surface area contributed by atoms with Crippen molar-refractivity contribution in [2.75, 3.05) is 0 Å².